The number of piperidine rings is 1. The molecular formula is C17H28N2. The van der Waals surface area contributed by atoms with E-state index in [4.69, 9.17) is 5.73 Å². The lowest BCUT2D eigenvalue weighted by molar-refractivity contribution is 0.0924. The molecule has 2 N–H and O–H groups in total. The van der Waals surface area contributed by atoms with Gasteiger partial charge in [0.05, 0.1) is 0 Å². The molecule has 2 atom stereocenters. The van der Waals surface area contributed by atoms with Crippen LogP contribution in [0.3, 0.4) is 0 Å². The van der Waals surface area contributed by atoms with Gasteiger partial charge in [-0.2, -0.15) is 0 Å². The summed E-state index contributed by atoms with van der Waals surface area (Å²) < 4.78 is 0. The van der Waals surface area contributed by atoms with Gasteiger partial charge in [0.15, 0.2) is 0 Å². The first kappa shape index (κ1) is 14.4. The fourth-order valence-corrected chi connectivity index (χ4v) is 3.18. The Labute approximate surface area is 118 Å². The molecule has 0 amide bonds. The van der Waals surface area contributed by atoms with E-state index in [1.807, 2.05) is 12.1 Å². The van der Waals surface area contributed by atoms with Crippen molar-refractivity contribution in [1.29, 1.82) is 0 Å². The summed E-state index contributed by atoms with van der Waals surface area (Å²) in [5.41, 5.74) is 8.19. The van der Waals surface area contributed by atoms with Crippen molar-refractivity contribution in [3.8, 4) is 0 Å². The van der Waals surface area contributed by atoms with Gasteiger partial charge in [-0.1, -0.05) is 32.9 Å². The largest absolute Gasteiger partial charge is 0.399 e. The molecular weight excluding hydrogens is 232 g/mol. The van der Waals surface area contributed by atoms with Gasteiger partial charge in [-0.15, -0.1) is 0 Å². The predicted octanol–water partition coefficient (Wildman–Crippen LogP) is 3.67. The summed E-state index contributed by atoms with van der Waals surface area (Å²) in [6.07, 6.45) is 2.71. The van der Waals surface area contributed by atoms with Crippen molar-refractivity contribution in [2.75, 3.05) is 18.8 Å². The standard InChI is InChI=1S/C17H28N2/c1-13-6-5-11-19(14(13)2)12-17(3,4)15-7-9-16(18)10-8-15/h7-10,13-14H,5-6,11-12,18H2,1-4H3. The summed E-state index contributed by atoms with van der Waals surface area (Å²) in [6.45, 7) is 11.8. The van der Waals surface area contributed by atoms with Gasteiger partial charge in [-0.3, -0.25) is 4.90 Å². The summed E-state index contributed by atoms with van der Waals surface area (Å²) in [5.74, 6) is 0.816. The van der Waals surface area contributed by atoms with Crippen LogP contribution >= 0.6 is 0 Å². The van der Waals surface area contributed by atoms with Crippen molar-refractivity contribution < 1.29 is 0 Å². The quantitative estimate of drug-likeness (QED) is 0.840. The highest BCUT2D eigenvalue weighted by Gasteiger charge is 2.30. The van der Waals surface area contributed by atoms with Gasteiger partial charge in [0.2, 0.25) is 0 Å². The van der Waals surface area contributed by atoms with Crippen LogP contribution in [0.4, 0.5) is 5.69 Å². The number of anilines is 1. The third kappa shape index (κ3) is 3.30. The minimum atomic E-state index is 0.180. The van der Waals surface area contributed by atoms with E-state index in [0.29, 0.717) is 6.04 Å². The second-order valence-electron chi connectivity index (χ2n) is 6.84. The minimum absolute atomic E-state index is 0.180. The Morgan fingerprint density at radius 2 is 1.84 bits per heavy atom. The van der Waals surface area contributed by atoms with Crippen molar-refractivity contribution in [1.82, 2.24) is 4.90 Å². The lowest BCUT2D eigenvalue weighted by Gasteiger charge is -2.42. The van der Waals surface area contributed by atoms with Crippen LogP contribution in [0.25, 0.3) is 0 Å². The number of nitrogens with zero attached hydrogens (tertiary/aromatic N) is 1. The number of rotatable bonds is 3. The van der Waals surface area contributed by atoms with E-state index in [2.05, 4.69) is 44.7 Å². The first-order chi connectivity index (χ1) is 8.90. The molecule has 0 aliphatic carbocycles. The Morgan fingerprint density at radius 1 is 1.21 bits per heavy atom. The SMILES string of the molecule is CC1CCCN(CC(C)(C)c2ccc(N)cc2)C1C. The zero-order valence-electron chi connectivity index (χ0n) is 12.8. The number of hydrogen-bond donors (Lipinski definition) is 1. The van der Waals surface area contributed by atoms with Gasteiger partial charge < -0.3 is 5.73 Å². The van der Waals surface area contributed by atoms with Crippen molar-refractivity contribution in [3.63, 3.8) is 0 Å². The normalized spacial score (nSPS) is 25.5. The first-order valence-electron chi connectivity index (χ1n) is 7.50. The molecule has 2 heteroatoms. The molecule has 2 nitrogen and oxygen atoms in total. The van der Waals surface area contributed by atoms with Gasteiger partial charge in [0.1, 0.15) is 0 Å². The smallest absolute Gasteiger partial charge is 0.0314 e. The van der Waals surface area contributed by atoms with E-state index in [0.717, 1.165) is 18.2 Å². The maximum absolute atomic E-state index is 5.78. The van der Waals surface area contributed by atoms with Crippen molar-refractivity contribution >= 4 is 5.69 Å². The molecule has 0 saturated carbocycles. The molecule has 1 aromatic rings. The highest BCUT2D eigenvalue weighted by molar-refractivity contribution is 5.41. The Hall–Kier alpha value is -1.02. The van der Waals surface area contributed by atoms with Crippen LogP contribution in [-0.2, 0) is 5.41 Å². The summed E-state index contributed by atoms with van der Waals surface area (Å²) in [5, 5.41) is 0. The highest BCUT2D eigenvalue weighted by atomic mass is 15.2. The molecule has 1 fully saturated rings. The zero-order valence-corrected chi connectivity index (χ0v) is 12.8. The molecule has 0 spiro atoms. The number of hydrogen-bond acceptors (Lipinski definition) is 2. The Kier molecular flexibility index (Phi) is 4.19. The monoisotopic (exact) mass is 260 g/mol. The number of benzene rings is 1. The van der Waals surface area contributed by atoms with Crippen LogP contribution in [0.2, 0.25) is 0 Å². The van der Waals surface area contributed by atoms with Crippen LogP contribution in [0, 0.1) is 5.92 Å². The molecule has 0 bridgehead atoms. The lowest BCUT2D eigenvalue weighted by Crippen LogP contribution is -2.47. The fourth-order valence-electron chi connectivity index (χ4n) is 3.18. The van der Waals surface area contributed by atoms with Crippen molar-refractivity contribution in [2.45, 2.75) is 52.0 Å². The number of likely N-dealkylation sites (tertiary alicyclic amines) is 1. The van der Waals surface area contributed by atoms with Gasteiger partial charge >= 0.3 is 0 Å². The molecule has 1 aliphatic heterocycles. The molecule has 1 aliphatic rings. The van der Waals surface area contributed by atoms with E-state index < -0.39 is 0 Å². The maximum Gasteiger partial charge on any atom is 0.0314 e. The average Bonchev–Trinajstić information content (AvgIpc) is 2.35. The van der Waals surface area contributed by atoms with Gasteiger partial charge in [-0.25, -0.2) is 0 Å². The third-order valence-corrected chi connectivity index (χ3v) is 4.79. The molecule has 1 saturated heterocycles. The Morgan fingerprint density at radius 3 is 2.47 bits per heavy atom. The fraction of sp³-hybridized carbons (Fsp3) is 0.647. The van der Waals surface area contributed by atoms with E-state index in [-0.39, 0.29) is 5.41 Å². The second-order valence-corrected chi connectivity index (χ2v) is 6.84. The van der Waals surface area contributed by atoms with Crippen LogP contribution in [0.5, 0.6) is 0 Å². The summed E-state index contributed by atoms with van der Waals surface area (Å²) in [6, 6.07) is 9.07. The molecule has 2 unspecified atom stereocenters. The lowest BCUT2D eigenvalue weighted by atomic mass is 9.82. The predicted molar refractivity (Wildman–Crippen MR) is 83.3 cm³/mol. The molecule has 0 aromatic heterocycles. The average molecular weight is 260 g/mol. The van der Waals surface area contributed by atoms with E-state index in [1.54, 1.807) is 0 Å². The van der Waals surface area contributed by atoms with Crippen LogP contribution in [0.1, 0.15) is 46.1 Å². The van der Waals surface area contributed by atoms with Crippen LogP contribution in [-0.4, -0.2) is 24.0 Å². The molecule has 106 valence electrons. The van der Waals surface area contributed by atoms with Gasteiger partial charge in [0, 0.05) is 23.7 Å². The van der Waals surface area contributed by atoms with E-state index in [1.165, 1.54) is 24.9 Å². The van der Waals surface area contributed by atoms with Crippen molar-refractivity contribution in [2.24, 2.45) is 5.92 Å². The summed E-state index contributed by atoms with van der Waals surface area (Å²) in [4.78, 5) is 2.66. The Bertz CT molecular complexity index is 408. The van der Waals surface area contributed by atoms with E-state index in [9.17, 15) is 0 Å². The maximum atomic E-state index is 5.78. The summed E-state index contributed by atoms with van der Waals surface area (Å²) in [7, 11) is 0. The molecule has 1 heterocycles. The third-order valence-electron chi connectivity index (χ3n) is 4.79. The molecule has 2 rings (SSSR count). The second kappa shape index (κ2) is 5.54. The topological polar surface area (TPSA) is 29.3 Å². The van der Waals surface area contributed by atoms with Crippen LogP contribution < -0.4 is 5.73 Å². The number of nitrogen functional groups attached to an aromatic ring is 1. The highest BCUT2D eigenvalue weighted by Crippen LogP contribution is 2.30. The van der Waals surface area contributed by atoms with Crippen molar-refractivity contribution in [3.05, 3.63) is 29.8 Å². The molecule has 1 aromatic carbocycles. The van der Waals surface area contributed by atoms with Gasteiger partial charge in [0.25, 0.3) is 0 Å². The first-order valence-corrected chi connectivity index (χ1v) is 7.50. The summed E-state index contributed by atoms with van der Waals surface area (Å²) >= 11 is 0. The zero-order chi connectivity index (χ0) is 14.0. The van der Waals surface area contributed by atoms with Crippen LogP contribution in [0.15, 0.2) is 24.3 Å². The molecule has 19 heavy (non-hydrogen) atoms. The minimum Gasteiger partial charge on any atom is -0.399 e. The molecule has 0 radical (unpaired) electrons. The Balaban J connectivity index is 2.09. The van der Waals surface area contributed by atoms with E-state index >= 15 is 0 Å². The number of nitrogens with two attached hydrogens (primary N) is 1. The van der Waals surface area contributed by atoms with Gasteiger partial charge in [-0.05, 0) is 49.9 Å².